The van der Waals surface area contributed by atoms with E-state index in [0.29, 0.717) is 26.4 Å². The molecule has 0 aliphatic rings. The van der Waals surface area contributed by atoms with E-state index in [1.54, 1.807) is 70.2 Å². The van der Waals surface area contributed by atoms with Crippen molar-refractivity contribution in [3.63, 3.8) is 0 Å². The van der Waals surface area contributed by atoms with Crippen LogP contribution in [-0.4, -0.2) is 36.5 Å². The Kier molecular flexibility index (Phi) is 16.1. The average molecular weight is 711 g/mol. The molecule has 0 heterocycles. The molecule has 14 heteroatoms. The van der Waals surface area contributed by atoms with Gasteiger partial charge in [0.15, 0.2) is 4.38 Å². The standard InChI is InChI=1S/C31H37ClN2O7P2S2/c1-5-37-42(35,38-6-2)41-30-21-15-13-19-27(30)29(23-22-26-18-12-14-20-28(26)32)33-34-31(44-24-25-16-10-9-11-17-25)45-43(36,39-7-3)40-8-4/h9-23H,5-8,24H2,1-4H3/b23-22+,33-29+,34-31+. The normalized spacial score (nSPS) is 13.0. The first-order valence-electron chi connectivity index (χ1n) is 14.3. The van der Waals surface area contributed by atoms with Crippen molar-refractivity contribution in [3.8, 4) is 5.75 Å². The Bertz CT molecular complexity index is 1540. The summed E-state index contributed by atoms with van der Waals surface area (Å²) in [7, 11) is -3.93. The Balaban J connectivity index is 2.14. The number of phosphoric acid groups is 1. The maximum Gasteiger partial charge on any atom is 0.530 e. The van der Waals surface area contributed by atoms with Crippen LogP contribution in [0.25, 0.3) is 6.08 Å². The molecular formula is C31H37ClN2O7P2S2. The quantitative estimate of drug-likeness (QED) is 0.0585. The number of phosphoric ester groups is 1. The molecule has 0 fully saturated rings. The Morgan fingerprint density at radius 3 is 2.02 bits per heavy atom. The van der Waals surface area contributed by atoms with E-state index < -0.39 is 14.6 Å². The van der Waals surface area contributed by atoms with Crippen LogP contribution in [0.15, 0.2) is 95.1 Å². The lowest BCUT2D eigenvalue weighted by Gasteiger charge is -2.19. The largest absolute Gasteiger partial charge is 0.530 e. The fraction of sp³-hybridized carbons (Fsp3) is 0.290. The Morgan fingerprint density at radius 2 is 1.38 bits per heavy atom. The van der Waals surface area contributed by atoms with E-state index in [9.17, 15) is 9.13 Å². The molecule has 0 saturated carbocycles. The van der Waals surface area contributed by atoms with Crippen molar-refractivity contribution in [3.05, 3.63) is 107 Å². The molecule has 0 aliphatic carbocycles. The highest BCUT2D eigenvalue weighted by molar-refractivity contribution is 8.69. The fourth-order valence-corrected chi connectivity index (χ4v) is 10.0. The average Bonchev–Trinajstić information content (AvgIpc) is 3.02. The molecule has 0 saturated heterocycles. The predicted molar refractivity (Wildman–Crippen MR) is 189 cm³/mol. The summed E-state index contributed by atoms with van der Waals surface area (Å²) < 4.78 is 54.8. The lowest BCUT2D eigenvalue weighted by molar-refractivity contribution is 0.167. The summed E-state index contributed by atoms with van der Waals surface area (Å²) in [6.45, 7) is 3.94. The monoisotopic (exact) mass is 710 g/mol. The van der Waals surface area contributed by atoms with Crippen LogP contribution in [-0.2, 0) is 33.0 Å². The second-order valence-corrected chi connectivity index (χ2v) is 15.8. The molecule has 242 valence electrons. The van der Waals surface area contributed by atoms with Crippen LogP contribution < -0.4 is 4.52 Å². The van der Waals surface area contributed by atoms with E-state index in [-0.39, 0.29) is 32.2 Å². The molecule has 3 aromatic rings. The molecule has 3 aromatic carbocycles. The smallest absolute Gasteiger partial charge is 0.403 e. The molecule has 0 unspecified atom stereocenters. The molecule has 45 heavy (non-hydrogen) atoms. The molecule has 9 nitrogen and oxygen atoms in total. The summed E-state index contributed by atoms with van der Waals surface area (Å²) in [6, 6.07) is 24.1. The number of rotatable bonds is 17. The van der Waals surface area contributed by atoms with Gasteiger partial charge in [0.25, 0.3) is 0 Å². The van der Waals surface area contributed by atoms with Gasteiger partial charge >= 0.3 is 14.6 Å². The first kappa shape index (κ1) is 37.3. The molecule has 0 radical (unpaired) electrons. The Labute approximate surface area is 278 Å². The minimum absolute atomic E-state index is 0.121. The van der Waals surface area contributed by atoms with E-state index in [1.807, 2.05) is 48.5 Å². The van der Waals surface area contributed by atoms with Gasteiger partial charge in [-0.25, -0.2) is 9.13 Å². The van der Waals surface area contributed by atoms with Crippen LogP contribution in [0.5, 0.6) is 5.75 Å². The number of benzene rings is 3. The molecule has 0 spiro atoms. The Morgan fingerprint density at radius 1 is 0.778 bits per heavy atom. The second kappa shape index (κ2) is 19.5. The van der Waals surface area contributed by atoms with Crippen molar-refractivity contribution in [2.45, 2.75) is 33.4 Å². The van der Waals surface area contributed by atoms with Gasteiger partial charge in [0.05, 0.1) is 32.1 Å². The van der Waals surface area contributed by atoms with Crippen LogP contribution in [0.3, 0.4) is 0 Å². The summed E-state index contributed by atoms with van der Waals surface area (Å²) in [6.07, 6.45) is 3.50. The maximum atomic E-state index is 13.5. The van der Waals surface area contributed by atoms with E-state index >= 15 is 0 Å². The highest BCUT2D eigenvalue weighted by Gasteiger charge is 2.30. The zero-order chi connectivity index (χ0) is 32.5. The van der Waals surface area contributed by atoms with Gasteiger partial charge in [-0.2, -0.15) is 0 Å². The van der Waals surface area contributed by atoms with E-state index in [0.717, 1.165) is 22.5 Å². The van der Waals surface area contributed by atoms with Crippen molar-refractivity contribution in [2.75, 3.05) is 26.4 Å². The number of allylic oxidation sites excluding steroid dienone is 1. The zero-order valence-corrected chi connectivity index (χ0v) is 29.7. The van der Waals surface area contributed by atoms with Crippen molar-refractivity contribution in [1.29, 1.82) is 0 Å². The van der Waals surface area contributed by atoms with Gasteiger partial charge in [-0.3, -0.25) is 9.05 Å². The van der Waals surface area contributed by atoms with E-state index in [1.165, 1.54) is 11.8 Å². The Hall–Kier alpha value is -2.17. The lowest BCUT2D eigenvalue weighted by atomic mass is 10.1. The van der Waals surface area contributed by atoms with Crippen LogP contribution in [0, 0.1) is 0 Å². The first-order chi connectivity index (χ1) is 21.7. The summed E-state index contributed by atoms with van der Waals surface area (Å²) in [5.41, 5.74) is 2.59. The maximum absolute atomic E-state index is 13.5. The van der Waals surface area contributed by atoms with Crippen molar-refractivity contribution in [1.82, 2.24) is 0 Å². The van der Waals surface area contributed by atoms with Gasteiger partial charge in [0, 0.05) is 27.7 Å². The fourth-order valence-electron chi connectivity index (χ4n) is 3.63. The first-order valence-corrected chi connectivity index (χ1v) is 20.0. The van der Waals surface area contributed by atoms with Crippen LogP contribution >= 0.6 is 49.4 Å². The molecule has 0 bridgehead atoms. The summed E-state index contributed by atoms with van der Waals surface area (Å²) in [5, 5.41) is 9.67. The second-order valence-electron chi connectivity index (χ2n) is 8.72. The number of para-hydroxylation sites is 1. The third-order valence-electron chi connectivity index (χ3n) is 5.48. The molecule has 0 atom stereocenters. The number of nitrogens with zero attached hydrogens (tertiary/aromatic N) is 2. The highest BCUT2D eigenvalue weighted by Crippen LogP contribution is 2.62. The SMILES string of the molecule is CCOP(=O)(OCC)Oc1ccccc1C(/C=C/c1ccccc1Cl)=N/N=C(\SCc1ccccc1)SP(=O)(OCC)OCC. The highest BCUT2D eigenvalue weighted by atomic mass is 35.5. The van der Waals surface area contributed by atoms with Crippen LogP contribution in [0.2, 0.25) is 5.02 Å². The number of hydrogen-bond donors (Lipinski definition) is 0. The van der Waals surface area contributed by atoms with Gasteiger partial charge in [0.2, 0.25) is 0 Å². The van der Waals surface area contributed by atoms with E-state index in [2.05, 4.69) is 10.2 Å². The molecule has 0 aliphatic heterocycles. The van der Waals surface area contributed by atoms with Crippen LogP contribution in [0.4, 0.5) is 0 Å². The third-order valence-corrected chi connectivity index (χ3v) is 12.6. The molecule has 0 N–H and O–H groups in total. The minimum atomic E-state index is -3.93. The molecular weight excluding hydrogens is 674 g/mol. The van der Waals surface area contributed by atoms with E-state index in [4.69, 9.17) is 34.2 Å². The van der Waals surface area contributed by atoms with Crippen LogP contribution in [0.1, 0.15) is 44.4 Å². The number of halogens is 1. The van der Waals surface area contributed by atoms with Crippen molar-refractivity contribution in [2.24, 2.45) is 10.2 Å². The minimum Gasteiger partial charge on any atom is -0.403 e. The van der Waals surface area contributed by atoms with Gasteiger partial charge < -0.3 is 13.6 Å². The third kappa shape index (κ3) is 12.5. The van der Waals surface area contributed by atoms with Crippen molar-refractivity contribution < 1.29 is 31.7 Å². The van der Waals surface area contributed by atoms with Gasteiger partial charge in [0.1, 0.15) is 5.75 Å². The lowest BCUT2D eigenvalue weighted by Crippen LogP contribution is -2.06. The summed E-state index contributed by atoms with van der Waals surface area (Å²) >= 11 is 8.67. The summed E-state index contributed by atoms with van der Waals surface area (Å²) in [4.78, 5) is 0. The van der Waals surface area contributed by atoms with Gasteiger partial charge in [-0.15, -0.1) is 10.2 Å². The summed E-state index contributed by atoms with van der Waals surface area (Å²) in [5.74, 6) is 0.748. The van der Waals surface area contributed by atoms with Gasteiger partial charge in [-0.05, 0) is 63.1 Å². The number of hydrogen-bond acceptors (Lipinski definition) is 11. The molecule has 0 amide bonds. The topological polar surface area (TPSA) is 105 Å². The van der Waals surface area contributed by atoms with Gasteiger partial charge in [-0.1, -0.05) is 90.1 Å². The zero-order valence-electron chi connectivity index (χ0n) is 25.5. The number of thioether (sulfide) groups is 1. The van der Waals surface area contributed by atoms with Crippen molar-refractivity contribution >= 4 is 65.5 Å². The molecule has 3 rings (SSSR count). The predicted octanol–water partition coefficient (Wildman–Crippen LogP) is 10.5. The molecule has 0 aromatic heterocycles.